The maximum absolute atomic E-state index is 11.4. The molecule has 0 radical (unpaired) electrons. The van der Waals surface area contributed by atoms with Crippen LogP contribution in [0.15, 0.2) is 24.3 Å². The van der Waals surface area contributed by atoms with Crippen molar-refractivity contribution in [2.75, 3.05) is 11.9 Å². The number of benzene rings is 1. The van der Waals surface area contributed by atoms with Gasteiger partial charge in [0, 0.05) is 17.3 Å². The van der Waals surface area contributed by atoms with E-state index in [1.165, 1.54) is 0 Å². The quantitative estimate of drug-likeness (QED) is 0.691. The van der Waals surface area contributed by atoms with Gasteiger partial charge in [-0.15, -0.1) is 0 Å². The number of hydrogen-bond acceptors (Lipinski definition) is 3. The molecule has 0 bridgehead atoms. The minimum atomic E-state index is -0.476. The Morgan fingerprint density at radius 3 is 2.76 bits per heavy atom. The Morgan fingerprint density at radius 1 is 1.35 bits per heavy atom. The molecule has 0 aromatic heterocycles. The standard InChI is InChI=1S/C12H15N3O2/c13-12(17)8-2-1-3-10(6-8)14-7-11(16)15-9-4-5-9/h1-3,6,9,14H,4-5,7H2,(H2,13,17)(H,15,16). The molecule has 0 aliphatic heterocycles. The highest BCUT2D eigenvalue weighted by atomic mass is 16.2. The van der Waals surface area contributed by atoms with E-state index in [2.05, 4.69) is 10.6 Å². The van der Waals surface area contributed by atoms with Crippen LogP contribution in [0.3, 0.4) is 0 Å². The monoisotopic (exact) mass is 233 g/mol. The topological polar surface area (TPSA) is 84.2 Å². The Morgan fingerprint density at radius 2 is 2.12 bits per heavy atom. The number of nitrogens with two attached hydrogens (primary N) is 1. The van der Waals surface area contributed by atoms with Crippen LogP contribution in [-0.2, 0) is 4.79 Å². The highest BCUT2D eigenvalue weighted by Gasteiger charge is 2.22. The fraction of sp³-hybridized carbons (Fsp3) is 0.333. The molecule has 1 aliphatic carbocycles. The van der Waals surface area contributed by atoms with E-state index >= 15 is 0 Å². The molecule has 0 unspecified atom stereocenters. The highest BCUT2D eigenvalue weighted by molar-refractivity contribution is 5.93. The molecule has 0 heterocycles. The van der Waals surface area contributed by atoms with Gasteiger partial charge in [-0.1, -0.05) is 6.07 Å². The summed E-state index contributed by atoms with van der Waals surface area (Å²) >= 11 is 0. The molecule has 17 heavy (non-hydrogen) atoms. The highest BCUT2D eigenvalue weighted by Crippen LogP contribution is 2.18. The van der Waals surface area contributed by atoms with Crippen LogP contribution in [0.25, 0.3) is 0 Å². The van der Waals surface area contributed by atoms with E-state index in [1.54, 1.807) is 24.3 Å². The fourth-order valence-electron chi connectivity index (χ4n) is 1.47. The van der Waals surface area contributed by atoms with Gasteiger partial charge in [0.25, 0.3) is 0 Å². The molecule has 1 saturated carbocycles. The summed E-state index contributed by atoms with van der Waals surface area (Å²) in [4.78, 5) is 22.4. The van der Waals surface area contributed by atoms with Crippen LogP contribution in [0.1, 0.15) is 23.2 Å². The normalized spacial score (nSPS) is 14.1. The number of rotatable bonds is 5. The summed E-state index contributed by atoms with van der Waals surface area (Å²) in [7, 11) is 0. The number of amides is 2. The lowest BCUT2D eigenvalue weighted by Gasteiger charge is -2.07. The lowest BCUT2D eigenvalue weighted by atomic mass is 10.2. The van der Waals surface area contributed by atoms with Gasteiger partial charge in [0.05, 0.1) is 6.54 Å². The maximum Gasteiger partial charge on any atom is 0.248 e. The van der Waals surface area contributed by atoms with E-state index in [-0.39, 0.29) is 12.5 Å². The number of carbonyl (C=O) groups excluding carboxylic acids is 2. The predicted octanol–water partition coefficient (Wildman–Crippen LogP) is 0.476. The van der Waals surface area contributed by atoms with Crippen molar-refractivity contribution >= 4 is 17.5 Å². The van der Waals surface area contributed by atoms with E-state index in [0.717, 1.165) is 12.8 Å². The largest absolute Gasteiger partial charge is 0.376 e. The van der Waals surface area contributed by atoms with Crippen LogP contribution in [-0.4, -0.2) is 24.4 Å². The minimum absolute atomic E-state index is 0.0306. The first-order valence-electron chi connectivity index (χ1n) is 5.58. The van der Waals surface area contributed by atoms with Crippen LogP contribution >= 0.6 is 0 Å². The van der Waals surface area contributed by atoms with Gasteiger partial charge in [-0.25, -0.2) is 0 Å². The maximum atomic E-state index is 11.4. The molecule has 1 aliphatic rings. The van der Waals surface area contributed by atoms with E-state index in [4.69, 9.17) is 5.73 Å². The van der Waals surface area contributed by atoms with Gasteiger partial charge < -0.3 is 16.4 Å². The van der Waals surface area contributed by atoms with Crippen LogP contribution in [0.2, 0.25) is 0 Å². The molecule has 1 aromatic carbocycles. The first-order chi connectivity index (χ1) is 8.15. The summed E-state index contributed by atoms with van der Waals surface area (Å²) < 4.78 is 0. The molecule has 0 saturated heterocycles. The van der Waals surface area contributed by atoms with Crippen LogP contribution in [0.4, 0.5) is 5.69 Å². The molecular formula is C12H15N3O2. The summed E-state index contributed by atoms with van der Waals surface area (Å²) in [5.41, 5.74) is 6.31. The zero-order chi connectivity index (χ0) is 12.3. The smallest absolute Gasteiger partial charge is 0.248 e. The number of anilines is 1. The van der Waals surface area contributed by atoms with Crippen LogP contribution in [0.5, 0.6) is 0 Å². The molecule has 4 N–H and O–H groups in total. The van der Waals surface area contributed by atoms with Gasteiger partial charge >= 0.3 is 0 Å². The van der Waals surface area contributed by atoms with Gasteiger partial charge in [0.15, 0.2) is 0 Å². The van der Waals surface area contributed by atoms with Gasteiger partial charge in [-0.05, 0) is 31.0 Å². The van der Waals surface area contributed by atoms with Crippen molar-refractivity contribution in [3.05, 3.63) is 29.8 Å². The molecule has 0 spiro atoms. The van der Waals surface area contributed by atoms with Crippen LogP contribution in [0, 0.1) is 0 Å². The Labute approximate surface area is 99.4 Å². The summed E-state index contributed by atoms with van der Waals surface area (Å²) in [5, 5.41) is 5.82. The van der Waals surface area contributed by atoms with Crippen molar-refractivity contribution < 1.29 is 9.59 Å². The molecule has 2 rings (SSSR count). The molecule has 1 aromatic rings. The second-order valence-corrected chi connectivity index (χ2v) is 4.14. The predicted molar refractivity (Wildman–Crippen MR) is 64.6 cm³/mol. The van der Waals surface area contributed by atoms with Gasteiger partial charge in [0.1, 0.15) is 0 Å². The third kappa shape index (κ3) is 3.48. The van der Waals surface area contributed by atoms with Crippen molar-refractivity contribution in [1.29, 1.82) is 0 Å². The van der Waals surface area contributed by atoms with Crippen molar-refractivity contribution in [2.24, 2.45) is 5.73 Å². The number of primary amides is 1. The van der Waals surface area contributed by atoms with Crippen molar-refractivity contribution in [2.45, 2.75) is 18.9 Å². The Balaban J connectivity index is 1.87. The molecule has 2 amide bonds. The second kappa shape index (κ2) is 4.86. The fourth-order valence-corrected chi connectivity index (χ4v) is 1.47. The summed E-state index contributed by atoms with van der Waals surface area (Å²) in [6.45, 7) is 0.207. The average molecular weight is 233 g/mol. The van der Waals surface area contributed by atoms with Gasteiger partial charge in [-0.3, -0.25) is 9.59 Å². The zero-order valence-electron chi connectivity index (χ0n) is 9.40. The SMILES string of the molecule is NC(=O)c1cccc(NCC(=O)NC2CC2)c1. The third-order valence-electron chi connectivity index (χ3n) is 2.54. The van der Waals surface area contributed by atoms with Gasteiger partial charge in [0.2, 0.25) is 11.8 Å². The second-order valence-electron chi connectivity index (χ2n) is 4.14. The minimum Gasteiger partial charge on any atom is -0.376 e. The van der Waals surface area contributed by atoms with Crippen molar-refractivity contribution in [3.8, 4) is 0 Å². The zero-order valence-corrected chi connectivity index (χ0v) is 9.40. The average Bonchev–Trinajstić information content (AvgIpc) is 3.11. The lowest BCUT2D eigenvalue weighted by molar-refractivity contribution is -0.119. The third-order valence-corrected chi connectivity index (χ3v) is 2.54. The lowest BCUT2D eigenvalue weighted by Crippen LogP contribution is -2.31. The van der Waals surface area contributed by atoms with E-state index in [9.17, 15) is 9.59 Å². The molecule has 0 atom stereocenters. The Hall–Kier alpha value is -2.04. The first-order valence-corrected chi connectivity index (χ1v) is 5.58. The number of nitrogens with one attached hydrogen (secondary N) is 2. The molecule has 5 heteroatoms. The van der Waals surface area contributed by atoms with Crippen molar-refractivity contribution in [3.63, 3.8) is 0 Å². The summed E-state index contributed by atoms with van der Waals surface area (Å²) in [6.07, 6.45) is 2.14. The van der Waals surface area contributed by atoms with Crippen LogP contribution < -0.4 is 16.4 Å². The van der Waals surface area contributed by atoms with E-state index in [1.807, 2.05) is 0 Å². The molecule has 90 valence electrons. The van der Waals surface area contributed by atoms with E-state index in [0.29, 0.717) is 17.3 Å². The first kappa shape index (κ1) is 11.4. The Kier molecular flexibility index (Phi) is 3.27. The summed E-state index contributed by atoms with van der Waals surface area (Å²) in [6, 6.07) is 7.14. The number of carbonyl (C=O) groups is 2. The number of hydrogen-bond donors (Lipinski definition) is 3. The van der Waals surface area contributed by atoms with Crippen molar-refractivity contribution in [1.82, 2.24) is 5.32 Å². The summed E-state index contributed by atoms with van der Waals surface area (Å²) in [5.74, 6) is -0.506. The Bertz CT molecular complexity index is 441. The molecule has 1 fully saturated rings. The molecule has 5 nitrogen and oxygen atoms in total. The van der Waals surface area contributed by atoms with Gasteiger partial charge in [-0.2, -0.15) is 0 Å². The van der Waals surface area contributed by atoms with E-state index < -0.39 is 5.91 Å². The molecular weight excluding hydrogens is 218 g/mol.